The molecule has 0 saturated carbocycles. The lowest BCUT2D eigenvalue weighted by atomic mass is 9.94. The number of aryl methyl sites for hydroxylation is 1. The van der Waals surface area contributed by atoms with Gasteiger partial charge in [-0.15, -0.1) is 0 Å². The summed E-state index contributed by atoms with van der Waals surface area (Å²) in [5, 5.41) is 3.59. The predicted molar refractivity (Wildman–Crippen MR) is 113 cm³/mol. The maximum absolute atomic E-state index is 13.3. The van der Waals surface area contributed by atoms with E-state index in [2.05, 4.69) is 24.2 Å². The molecule has 29 heavy (non-hydrogen) atoms. The standard InChI is InChI=1S/C22H30FN5O/c1-14-13-28(5)11-10-18(14)26-21-19(12-16-6-8-17(23)9-7-16)25-20(15(2)24-21)22(29)27(3)4/h6-9,14,18H,10-13H2,1-5H3,(H,24,26)/t14-,18-/m0/s1. The summed E-state index contributed by atoms with van der Waals surface area (Å²) in [5.41, 5.74) is 2.59. The average Bonchev–Trinajstić information content (AvgIpc) is 2.67. The van der Waals surface area contributed by atoms with E-state index in [0.29, 0.717) is 41.3 Å². The summed E-state index contributed by atoms with van der Waals surface area (Å²) >= 11 is 0. The molecule has 1 fully saturated rings. The monoisotopic (exact) mass is 399 g/mol. The minimum atomic E-state index is -0.272. The molecular weight excluding hydrogens is 369 g/mol. The number of aromatic nitrogens is 2. The zero-order chi connectivity index (χ0) is 21.1. The highest BCUT2D eigenvalue weighted by molar-refractivity contribution is 5.93. The van der Waals surface area contributed by atoms with E-state index in [4.69, 9.17) is 9.97 Å². The van der Waals surface area contributed by atoms with Crippen LogP contribution in [-0.4, -0.2) is 65.9 Å². The summed E-state index contributed by atoms with van der Waals surface area (Å²) < 4.78 is 13.3. The van der Waals surface area contributed by atoms with Crippen LogP contribution in [0.3, 0.4) is 0 Å². The number of nitrogens with zero attached hydrogens (tertiary/aromatic N) is 4. The summed E-state index contributed by atoms with van der Waals surface area (Å²) in [4.78, 5) is 25.8. The molecule has 1 aromatic heterocycles. The Bertz CT molecular complexity index is 868. The van der Waals surface area contributed by atoms with Crippen molar-refractivity contribution < 1.29 is 9.18 Å². The maximum atomic E-state index is 13.3. The Morgan fingerprint density at radius 2 is 1.97 bits per heavy atom. The summed E-state index contributed by atoms with van der Waals surface area (Å²) in [7, 11) is 5.54. The van der Waals surface area contributed by atoms with Crippen LogP contribution in [0, 0.1) is 18.7 Å². The van der Waals surface area contributed by atoms with Gasteiger partial charge in [-0.3, -0.25) is 4.79 Å². The lowest BCUT2D eigenvalue weighted by Crippen LogP contribution is -2.43. The SMILES string of the molecule is Cc1nc(N[C@H]2CCN(C)C[C@@H]2C)c(Cc2ccc(F)cc2)nc1C(=O)N(C)C. The molecule has 1 aliphatic heterocycles. The van der Waals surface area contributed by atoms with Gasteiger partial charge in [0.1, 0.15) is 17.3 Å². The molecule has 2 atom stereocenters. The lowest BCUT2D eigenvalue weighted by Gasteiger charge is -2.35. The van der Waals surface area contributed by atoms with Crippen molar-refractivity contribution in [2.75, 3.05) is 39.5 Å². The Morgan fingerprint density at radius 1 is 1.28 bits per heavy atom. The molecule has 0 radical (unpaired) electrons. The second kappa shape index (κ2) is 8.86. The van der Waals surface area contributed by atoms with Crippen molar-refractivity contribution >= 4 is 11.7 Å². The van der Waals surface area contributed by atoms with Gasteiger partial charge in [0.05, 0.1) is 11.4 Å². The molecule has 1 aromatic carbocycles. The van der Waals surface area contributed by atoms with Crippen molar-refractivity contribution in [2.45, 2.75) is 32.7 Å². The number of anilines is 1. The summed E-state index contributed by atoms with van der Waals surface area (Å²) in [6.45, 7) is 6.10. The smallest absolute Gasteiger partial charge is 0.273 e. The average molecular weight is 400 g/mol. The topological polar surface area (TPSA) is 61.4 Å². The van der Waals surface area contributed by atoms with Crippen LogP contribution in [0.2, 0.25) is 0 Å². The normalized spacial score (nSPS) is 19.8. The second-order valence-corrected chi connectivity index (χ2v) is 8.23. The molecule has 0 unspecified atom stereocenters. The number of likely N-dealkylation sites (tertiary alicyclic amines) is 1. The molecule has 6 nitrogen and oxygen atoms in total. The maximum Gasteiger partial charge on any atom is 0.273 e. The van der Waals surface area contributed by atoms with E-state index < -0.39 is 0 Å². The van der Waals surface area contributed by atoms with Crippen molar-refractivity contribution in [2.24, 2.45) is 5.92 Å². The van der Waals surface area contributed by atoms with Gasteiger partial charge in [0, 0.05) is 33.1 Å². The third-order valence-electron chi connectivity index (χ3n) is 5.47. The number of piperidine rings is 1. The third kappa shape index (κ3) is 5.09. The fourth-order valence-electron chi connectivity index (χ4n) is 3.75. The zero-order valence-corrected chi connectivity index (χ0v) is 17.9. The van der Waals surface area contributed by atoms with E-state index in [1.54, 1.807) is 26.2 Å². The van der Waals surface area contributed by atoms with E-state index in [1.807, 2.05) is 6.92 Å². The number of hydrogen-bond acceptors (Lipinski definition) is 5. The molecule has 3 rings (SSSR count). The van der Waals surface area contributed by atoms with Gasteiger partial charge in [-0.05, 0) is 50.6 Å². The van der Waals surface area contributed by atoms with E-state index in [1.165, 1.54) is 17.0 Å². The highest BCUT2D eigenvalue weighted by atomic mass is 19.1. The lowest BCUT2D eigenvalue weighted by molar-refractivity contribution is 0.0820. The van der Waals surface area contributed by atoms with Crippen LogP contribution in [-0.2, 0) is 6.42 Å². The van der Waals surface area contributed by atoms with Gasteiger partial charge in [-0.1, -0.05) is 19.1 Å². The minimum Gasteiger partial charge on any atom is -0.365 e. The van der Waals surface area contributed by atoms with Gasteiger partial charge in [0.25, 0.3) is 5.91 Å². The summed E-state index contributed by atoms with van der Waals surface area (Å²) in [6, 6.07) is 6.66. The first-order chi connectivity index (χ1) is 13.7. The van der Waals surface area contributed by atoms with Crippen LogP contribution in [0.25, 0.3) is 0 Å². The molecule has 1 N–H and O–H groups in total. The second-order valence-electron chi connectivity index (χ2n) is 8.23. The van der Waals surface area contributed by atoms with Crippen molar-refractivity contribution in [3.63, 3.8) is 0 Å². The number of amides is 1. The third-order valence-corrected chi connectivity index (χ3v) is 5.47. The molecule has 2 heterocycles. The van der Waals surface area contributed by atoms with Gasteiger partial charge in [0.2, 0.25) is 0 Å². The molecule has 1 aliphatic rings. The minimum absolute atomic E-state index is 0.172. The fraction of sp³-hybridized carbons (Fsp3) is 0.500. The molecule has 0 spiro atoms. The molecule has 1 saturated heterocycles. The summed E-state index contributed by atoms with van der Waals surface area (Å²) in [5.74, 6) is 0.737. The molecule has 0 bridgehead atoms. The first-order valence-electron chi connectivity index (χ1n) is 10.0. The summed E-state index contributed by atoms with van der Waals surface area (Å²) in [6.07, 6.45) is 1.50. The van der Waals surface area contributed by atoms with Crippen LogP contribution in [0.5, 0.6) is 0 Å². The van der Waals surface area contributed by atoms with Crippen LogP contribution < -0.4 is 5.32 Å². The molecule has 0 aliphatic carbocycles. The van der Waals surface area contributed by atoms with E-state index in [9.17, 15) is 9.18 Å². The largest absolute Gasteiger partial charge is 0.365 e. The number of rotatable bonds is 5. The first kappa shape index (κ1) is 21.2. The van der Waals surface area contributed by atoms with Gasteiger partial charge < -0.3 is 15.1 Å². The first-order valence-corrected chi connectivity index (χ1v) is 10.0. The van der Waals surface area contributed by atoms with Gasteiger partial charge in [-0.25, -0.2) is 14.4 Å². The quantitative estimate of drug-likeness (QED) is 0.838. The number of nitrogens with one attached hydrogen (secondary N) is 1. The van der Waals surface area contributed by atoms with Gasteiger partial charge >= 0.3 is 0 Å². The Morgan fingerprint density at radius 3 is 2.59 bits per heavy atom. The Hall–Kier alpha value is -2.54. The number of carbonyl (C=O) groups is 1. The number of hydrogen-bond donors (Lipinski definition) is 1. The van der Waals surface area contributed by atoms with Crippen LogP contribution >= 0.6 is 0 Å². The molecule has 2 aromatic rings. The van der Waals surface area contributed by atoms with Crippen LogP contribution in [0.4, 0.5) is 10.2 Å². The number of halogens is 1. The van der Waals surface area contributed by atoms with Crippen LogP contribution in [0.15, 0.2) is 24.3 Å². The Balaban J connectivity index is 1.95. The highest BCUT2D eigenvalue weighted by Crippen LogP contribution is 2.24. The van der Waals surface area contributed by atoms with Gasteiger partial charge in [0.15, 0.2) is 0 Å². The van der Waals surface area contributed by atoms with E-state index in [0.717, 1.165) is 25.1 Å². The molecule has 1 amide bonds. The van der Waals surface area contributed by atoms with E-state index >= 15 is 0 Å². The van der Waals surface area contributed by atoms with Crippen molar-refractivity contribution in [3.05, 3.63) is 52.7 Å². The molecular formula is C22H30FN5O. The van der Waals surface area contributed by atoms with Crippen molar-refractivity contribution in [1.29, 1.82) is 0 Å². The fourth-order valence-corrected chi connectivity index (χ4v) is 3.75. The highest BCUT2D eigenvalue weighted by Gasteiger charge is 2.26. The van der Waals surface area contributed by atoms with Gasteiger partial charge in [-0.2, -0.15) is 0 Å². The van der Waals surface area contributed by atoms with Crippen molar-refractivity contribution in [3.8, 4) is 0 Å². The van der Waals surface area contributed by atoms with Crippen LogP contribution in [0.1, 0.15) is 40.8 Å². The Kier molecular flexibility index (Phi) is 6.47. The zero-order valence-electron chi connectivity index (χ0n) is 17.9. The van der Waals surface area contributed by atoms with Crippen molar-refractivity contribution in [1.82, 2.24) is 19.8 Å². The molecule has 7 heteroatoms. The number of carbonyl (C=O) groups excluding carboxylic acids is 1. The van der Waals surface area contributed by atoms with E-state index in [-0.39, 0.29) is 11.7 Å². The molecule has 156 valence electrons. The number of benzene rings is 1. The predicted octanol–water partition coefficient (Wildman–Crippen LogP) is 2.97. The Labute approximate surface area is 172 Å².